The average molecular weight is 432 g/mol. The smallest absolute Gasteiger partial charge is 0.121 e. The molecule has 0 amide bonds. The van der Waals surface area contributed by atoms with Gasteiger partial charge in [-0.25, -0.2) is 4.21 Å². The second-order valence-electron chi connectivity index (χ2n) is 6.09. The van der Waals surface area contributed by atoms with Crippen LogP contribution in [-0.4, -0.2) is 27.5 Å². The minimum absolute atomic E-state index is 0.421. The first kappa shape index (κ1) is 22.8. The molecule has 154 valence electrons. The van der Waals surface area contributed by atoms with Crippen LogP contribution in [0.5, 0.6) is 5.75 Å². The summed E-state index contributed by atoms with van der Waals surface area (Å²) in [5.74, 6) is 1.15. The van der Waals surface area contributed by atoms with E-state index in [9.17, 15) is 9.47 Å². The Labute approximate surface area is 179 Å². The fourth-order valence-corrected chi connectivity index (χ4v) is 3.73. The molecule has 1 aromatic heterocycles. The zero-order valence-electron chi connectivity index (χ0n) is 17.2. The van der Waals surface area contributed by atoms with Gasteiger partial charge >= 0.3 is 0 Å². The van der Waals surface area contributed by atoms with Crippen LogP contribution >= 0.6 is 11.6 Å². The summed E-state index contributed by atoms with van der Waals surface area (Å²) < 4.78 is 21.9. The van der Waals surface area contributed by atoms with Gasteiger partial charge in [-0.3, -0.25) is 0 Å². The molecule has 0 bridgehead atoms. The van der Waals surface area contributed by atoms with Crippen LogP contribution in [-0.2, 0) is 18.0 Å². The molecule has 7 heteroatoms. The molecule has 1 aliphatic carbocycles. The lowest BCUT2D eigenvalue weighted by Crippen LogP contribution is -2.13. The monoisotopic (exact) mass is 431 g/mol. The van der Waals surface area contributed by atoms with E-state index in [1.807, 2.05) is 68.0 Å². The largest absolute Gasteiger partial charge is 0.492 e. The molecule has 1 aromatic carbocycles. The SMILES string of the molecule is CC.Cn1c(C2=CC=C(NS(C)=O)C=CC2)c(C#N)c2ccc(OCCCl)cc21. The van der Waals surface area contributed by atoms with Gasteiger partial charge in [0, 0.05) is 30.5 Å². The number of nitrogens with zero attached hydrogens (tertiary/aromatic N) is 2. The quantitative estimate of drug-likeness (QED) is 0.667. The first-order valence-electron chi connectivity index (χ1n) is 9.44. The van der Waals surface area contributed by atoms with Crippen molar-refractivity contribution in [2.75, 3.05) is 18.7 Å². The molecule has 29 heavy (non-hydrogen) atoms. The predicted octanol–water partition coefficient (Wildman–Crippen LogP) is 4.80. The van der Waals surface area contributed by atoms with E-state index >= 15 is 0 Å². The number of allylic oxidation sites excluding steroid dienone is 5. The Morgan fingerprint density at radius 1 is 1.34 bits per heavy atom. The van der Waals surface area contributed by atoms with Crippen LogP contribution in [0.3, 0.4) is 0 Å². The van der Waals surface area contributed by atoms with Crippen molar-refractivity contribution >= 4 is 39.1 Å². The van der Waals surface area contributed by atoms with E-state index in [1.54, 1.807) is 6.26 Å². The van der Waals surface area contributed by atoms with Crippen molar-refractivity contribution in [1.29, 1.82) is 5.26 Å². The van der Waals surface area contributed by atoms with Gasteiger partial charge in [-0.05, 0) is 36.3 Å². The molecule has 0 saturated heterocycles. The summed E-state index contributed by atoms with van der Waals surface area (Å²) in [6.07, 6.45) is 10.0. The molecule has 1 heterocycles. The Bertz CT molecular complexity index is 1030. The Kier molecular flexibility index (Phi) is 8.56. The maximum atomic E-state index is 11.4. The van der Waals surface area contributed by atoms with E-state index in [0.29, 0.717) is 24.5 Å². The van der Waals surface area contributed by atoms with Gasteiger partial charge in [0.15, 0.2) is 0 Å². The number of nitriles is 1. The molecule has 0 radical (unpaired) electrons. The minimum Gasteiger partial charge on any atom is -0.492 e. The Hall–Kier alpha value is -2.49. The summed E-state index contributed by atoms with van der Waals surface area (Å²) in [4.78, 5) is 0. The summed E-state index contributed by atoms with van der Waals surface area (Å²) in [6.45, 7) is 4.44. The van der Waals surface area contributed by atoms with Crippen molar-refractivity contribution < 1.29 is 8.95 Å². The molecule has 1 unspecified atom stereocenters. The van der Waals surface area contributed by atoms with E-state index in [-0.39, 0.29) is 0 Å². The van der Waals surface area contributed by atoms with Gasteiger partial charge < -0.3 is 14.0 Å². The van der Waals surface area contributed by atoms with E-state index in [1.165, 1.54) is 0 Å². The summed E-state index contributed by atoms with van der Waals surface area (Å²) in [6, 6.07) is 8.06. The van der Waals surface area contributed by atoms with Crippen LogP contribution in [0.2, 0.25) is 0 Å². The Balaban J connectivity index is 0.00000145. The number of nitrogens with one attached hydrogen (secondary N) is 1. The minimum atomic E-state index is -1.13. The highest BCUT2D eigenvalue weighted by Crippen LogP contribution is 2.34. The van der Waals surface area contributed by atoms with E-state index < -0.39 is 11.0 Å². The first-order valence-corrected chi connectivity index (χ1v) is 11.5. The molecular formula is C22H26ClN3O2S. The number of fused-ring (bicyclic) bond motifs is 1. The predicted molar refractivity (Wildman–Crippen MR) is 122 cm³/mol. The normalized spacial score (nSPS) is 14.1. The van der Waals surface area contributed by atoms with Crippen molar-refractivity contribution in [2.24, 2.45) is 7.05 Å². The van der Waals surface area contributed by atoms with Crippen molar-refractivity contribution in [3.63, 3.8) is 0 Å². The second kappa shape index (κ2) is 10.9. The van der Waals surface area contributed by atoms with Gasteiger partial charge in [0.2, 0.25) is 0 Å². The summed E-state index contributed by atoms with van der Waals surface area (Å²) >= 11 is 5.70. The number of halogens is 1. The van der Waals surface area contributed by atoms with Crippen molar-refractivity contribution in [2.45, 2.75) is 20.3 Å². The highest BCUT2D eigenvalue weighted by molar-refractivity contribution is 7.82. The molecule has 0 spiro atoms. The van der Waals surface area contributed by atoms with Crippen LogP contribution in [0.1, 0.15) is 31.5 Å². The van der Waals surface area contributed by atoms with Gasteiger partial charge in [0.1, 0.15) is 29.4 Å². The summed E-state index contributed by atoms with van der Waals surface area (Å²) in [5, 5.41) is 10.7. The number of aromatic nitrogens is 1. The fourth-order valence-electron chi connectivity index (χ4n) is 3.19. The fraction of sp³-hybridized carbons (Fsp3) is 0.318. The number of benzene rings is 1. The highest BCUT2D eigenvalue weighted by atomic mass is 35.5. The van der Waals surface area contributed by atoms with Crippen LogP contribution in [0.4, 0.5) is 0 Å². The van der Waals surface area contributed by atoms with Crippen molar-refractivity contribution in [3.05, 3.63) is 59.5 Å². The number of aryl methyl sites for hydroxylation is 1. The molecule has 2 aromatic rings. The zero-order valence-corrected chi connectivity index (χ0v) is 18.7. The van der Waals surface area contributed by atoms with Crippen molar-refractivity contribution in [3.8, 4) is 11.8 Å². The third-order valence-electron chi connectivity index (χ3n) is 4.29. The maximum absolute atomic E-state index is 11.4. The van der Waals surface area contributed by atoms with Gasteiger partial charge in [-0.1, -0.05) is 26.0 Å². The average Bonchev–Trinajstić information content (AvgIpc) is 2.85. The number of ether oxygens (including phenoxy) is 1. The molecule has 3 rings (SSSR count). The summed E-state index contributed by atoms with van der Waals surface area (Å²) in [5.41, 5.74) is 4.24. The summed E-state index contributed by atoms with van der Waals surface area (Å²) in [7, 11) is 0.813. The number of hydrogen-bond acceptors (Lipinski definition) is 3. The topological polar surface area (TPSA) is 67.0 Å². The molecule has 5 nitrogen and oxygen atoms in total. The van der Waals surface area contributed by atoms with Crippen LogP contribution in [0, 0.1) is 11.3 Å². The third kappa shape index (κ3) is 5.31. The lowest BCUT2D eigenvalue weighted by atomic mass is 10.0. The van der Waals surface area contributed by atoms with Crippen molar-refractivity contribution in [1.82, 2.24) is 9.29 Å². The van der Waals surface area contributed by atoms with Gasteiger partial charge in [0.25, 0.3) is 0 Å². The standard InChI is InChI=1S/C20H20ClN3O2S.C2H6/c1-24-19-12-16(26-11-10-21)8-9-17(19)18(13-22)20(24)14-4-3-5-15(7-6-14)23-27(2)25;1-2/h3,5-9,12,23H,4,10-11H2,1-2H3;1-2H3. The van der Waals surface area contributed by atoms with E-state index in [0.717, 1.165) is 33.6 Å². The van der Waals surface area contributed by atoms with E-state index in [2.05, 4.69) is 10.8 Å². The molecule has 0 saturated carbocycles. The van der Waals surface area contributed by atoms with Crippen LogP contribution < -0.4 is 9.46 Å². The molecule has 1 aliphatic rings. The Morgan fingerprint density at radius 2 is 2.10 bits per heavy atom. The zero-order chi connectivity index (χ0) is 21.4. The third-order valence-corrected chi connectivity index (χ3v) is 4.97. The molecule has 1 atom stereocenters. The number of rotatable bonds is 6. The Morgan fingerprint density at radius 3 is 2.76 bits per heavy atom. The van der Waals surface area contributed by atoms with Gasteiger partial charge in [-0.15, -0.1) is 11.6 Å². The number of hydrogen-bond donors (Lipinski definition) is 1. The highest BCUT2D eigenvalue weighted by Gasteiger charge is 2.19. The lowest BCUT2D eigenvalue weighted by molar-refractivity contribution is 0.343. The number of alkyl halides is 1. The van der Waals surface area contributed by atoms with E-state index in [4.69, 9.17) is 16.3 Å². The molecule has 1 N–H and O–H groups in total. The lowest BCUT2D eigenvalue weighted by Gasteiger charge is -2.08. The molecule has 0 fully saturated rings. The second-order valence-corrected chi connectivity index (χ2v) is 7.58. The molecular weight excluding hydrogens is 406 g/mol. The first-order chi connectivity index (χ1) is 14.0. The van der Waals surface area contributed by atoms with Gasteiger partial charge in [0.05, 0.1) is 22.7 Å². The van der Waals surface area contributed by atoms with Crippen LogP contribution in [0.15, 0.2) is 48.2 Å². The maximum Gasteiger partial charge on any atom is 0.121 e. The molecule has 0 aliphatic heterocycles. The van der Waals surface area contributed by atoms with Crippen LogP contribution in [0.25, 0.3) is 16.5 Å². The van der Waals surface area contributed by atoms with Gasteiger partial charge in [-0.2, -0.15) is 5.26 Å².